The molecular formula is C20H23N2OS+. The molecule has 1 aromatic heterocycles. The number of benzene rings is 1. The van der Waals surface area contributed by atoms with Crippen LogP contribution in [0.25, 0.3) is 11.5 Å². The number of rotatable bonds is 5. The molecule has 0 radical (unpaired) electrons. The van der Waals surface area contributed by atoms with Gasteiger partial charge in [0.1, 0.15) is 0 Å². The van der Waals surface area contributed by atoms with E-state index < -0.39 is 0 Å². The number of nitrogens with one attached hydrogen (secondary N) is 1. The molecule has 0 saturated carbocycles. The first kappa shape index (κ1) is 17.9. The van der Waals surface area contributed by atoms with E-state index in [0.717, 1.165) is 16.7 Å². The number of aliphatic hydroxyl groups is 1. The molecule has 2 N–H and O–H groups in total. The quantitative estimate of drug-likeness (QED) is 0.285. The highest BCUT2D eigenvalue weighted by molar-refractivity contribution is 7.81. The molecule has 0 spiro atoms. The molecule has 24 heavy (non-hydrogen) atoms. The van der Waals surface area contributed by atoms with Gasteiger partial charge in [-0.15, -0.1) is 6.58 Å². The van der Waals surface area contributed by atoms with E-state index in [1.807, 2.05) is 55.1 Å². The lowest BCUT2D eigenvalue weighted by Gasteiger charge is -2.12. The predicted molar refractivity (Wildman–Crippen MR) is 104 cm³/mol. The van der Waals surface area contributed by atoms with E-state index in [1.54, 1.807) is 6.08 Å². The molecule has 0 fully saturated rings. The number of nitrogens with zero attached hydrogens (tertiary/aromatic N) is 1. The summed E-state index contributed by atoms with van der Waals surface area (Å²) in [4.78, 5) is 0.473. The van der Waals surface area contributed by atoms with Gasteiger partial charge in [0, 0.05) is 24.2 Å². The zero-order chi connectivity index (χ0) is 17.7. The number of pyridine rings is 1. The Kier molecular flexibility index (Phi) is 5.88. The van der Waals surface area contributed by atoms with E-state index in [0.29, 0.717) is 17.2 Å². The molecule has 1 aromatic carbocycles. The fourth-order valence-electron chi connectivity index (χ4n) is 2.49. The standard InChI is InChI=1S/C20H22N2OS/c1-5-9-21-20(24)18(22-10-7-6-8-11-22)19(23)17-13-15(3)14(2)12-16(17)4/h5-8,10-13H,1,9H2,2-4H3,(H-,21,23,24)/p+1. The van der Waals surface area contributed by atoms with Crippen LogP contribution in [0, 0.1) is 20.8 Å². The summed E-state index contributed by atoms with van der Waals surface area (Å²) in [6, 6.07) is 9.80. The lowest BCUT2D eigenvalue weighted by atomic mass is 9.98. The summed E-state index contributed by atoms with van der Waals surface area (Å²) < 4.78 is 1.82. The number of aliphatic hydroxyl groups excluding tert-OH is 1. The van der Waals surface area contributed by atoms with Crippen molar-refractivity contribution in [3.05, 3.63) is 77.6 Å². The minimum atomic E-state index is 0.161. The Morgan fingerprint density at radius 1 is 1.12 bits per heavy atom. The summed E-state index contributed by atoms with van der Waals surface area (Å²) in [5, 5.41) is 14.1. The summed E-state index contributed by atoms with van der Waals surface area (Å²) in [5.41, 5.74) is 4.68. The van der Waals surface area contributed by atoms with E-state index in [-0.39, 0.29) is 5.76 Å². The predicted octanol–water partition coefficient (Wildman–Crippen LogP) is 3.89. The molecule has 0 aliphatic rings. The number of aryl methyl sites for hydroxylation is 3. The molecule has 3 nitrogen and oxygen atoms in total. The smallest absolute Gasteiger partial charge is 0.288 e. The van der Waals surface area contributed by atoms with E-state index in [9.17, 15) is 5.11 Å². The van der Waals surface area contributed by atoms with Gasteiger partial charge in [-0.05, 0) is 43.5 Å². The van der Waals surface area contributed by atoms with Crippen molar-refractivity contribution in [2.75, 3.05) is 6.54 Å². The largest absolute Gasteiger partial charge is 0.502 e. The van der Waals surface area contributed by atoms with Crippen molar-refractivity contribution in [1.29, 1.82) is 0 Å². The van der Waals surface area contributed by atoms with Crippen LogP contribution in [-0.4, -0.2) is 16.6 Å². The Hall–Kier alpha value is -2.46. The summed E-state index contributed by atoms with van der Waals surface area (Å²) in [5.74, 6) is 0.161. The van der Waals surface area contributed by atoms with E-state index in [4.69, 9.17) is 12.2 Å². The van der Waals surface area contributed by atoms with Gasteiger partial charge in [-0.3, -0.25) is 0 Å². The number of aromatic nitrogens is 1. The molecule has 0 unspecified atom stereocenters. The third kappa shape index (κ3) is 3.89. The van der Waals surface area contributed by atoms with Crippen molar-refractivity contribution in [3.63, 3.8) is 0 Å². The average Bonchev–Trinajstić information content (AvgIpc) is 2.57. The highest BCUT2D eigenvalue weighted by Crippen LogP contribution is 2.24. The lowest BCUT2D eigenvalue weighted by Crippen LogP contribution is -2.41. The fraction of sp³-hybridized carbons (Fsp3) is 0.200. The first-order chi connectivity index (χ1) is 11.5. The molecular weight excluding hydrogens is 316 g/mol. The SMILES string of the molecule is C=CCNC(=S)/C(=C(/O)c1cc(C)c(C)cc1C)[n+]1ccccc1. The average molecular weight is 339 g/mol. The molecule has 1 heterocycles. The first-order valence-electron chi connectivity index (χ1n) is 7.83. The maximum atomic E-state index is 11.0. The van der Waals surface area contributed by atoms with Crippen LogP contribution in [0.2, 0.25) is 0 Å². The Balaban J connectivity index is 2.64. The summed E-state index contributed by atoms with van der Waals surface area (Å²) in [7, 11) is 0. The number of hydrogen-bond acceptors (Lipinski definition) is 2. The van der Waals surface area contributed by atoms with Gasteiger partial charge in [0.15, 0.2) is 23.1 Å². The Morgan fingerprint density at radius 2 is 1.75 bits per heavy atom. The molecule has 0 amide bonds. The van der Waals surface area contributed by atoms with Gasteiger partial charge in [0.2, 0.25) is 0 Å². The van der Waals surface area contributed by atoms with Crippen molar-refractivity contribution in [2.45, 2.75) is 20.8 Å². The van der Waals surface area contributed by atoms with Gasteiger partial charge in [0.25, 0.3) is 5.70 Å². The van der Waals surface area contributed by atoms with Crippen molar-refractivity contribution >= 4 is 28.7 Å². The third-order valence-corrected chi connectivity index (χ3v) is 4.25. The number of thiocarbonyl (C=S) groups is 1. The highest BCUT2D eigenvalue weighted by atomic mass is 32.1. The Bertz CT molecular complexity index is 795. The van der Waals surface area contributed by atoms with Crippen LogP contribution in [-0.2, 0) is 0 Å². The lowest BCUT2D eigenvalue weighted by molar-refractivity contribution is -0.576. The van der Waals surface area contributed by atoms with Gasteiger partial charge in [-0.2, -0.15) is 4.57 Å². The van der Waals surface area contributed by atoms with Crippen LogP contribution in [0.15, 0.2) is 55.4 Å². The third-order valence-electron chi connectivity index (χ3n) is 3.92. The Labute approximate surface area is 149 Å². The van der Waals surface area contributed by atoms with Crippen LogP contribution < -0.4 is 9.88 Å². The maximum Gasteiger partial charge on any atom is 0.288 e. The van der Waals surface area contributed by atoms with Gasteiger partial charge in [0.05, 0.1) is 0 Å². The van der Waals surface area contributed by atoms with Crippen LogP contribution in [0.5, 0.6) is 0 Å². The topological polar surface area (TPSA) is 36.1 Å². The van der Waals surface area contributed by atoms with Gasteiger partial charge < -0.3 is 10.4 Å². The first-order valence-corrected chi connectivity index (χ1v) is 8.23. The summed E-state index contributed by atoms with van der Waals surface area (Å²) in [6.45, 7) is 10.3. The second-order valence-corrected chi connectivity index (χ2v) is 6.14. The van der Waals surface area contributed by atoms with Crippen LogP contribution in [0.3, 0.4) is 0 Å². The second-order valence-electron chi connectivity index (χ2n) is 5.73. The zero-order valence-corrected chi connectivity index (χ0v) is 15.2. The Morgan fingerprint density at radius 3 is 2.38 bits per heavy atom. The van der Waals surface area contributed by atoms with E-state index in [2.05, 4.69) is 24.9 Å². The summed E-state index contributed by atoms with van der Waals surface area (Å²) >= 11 is 5.50. The minimum Gasteiger partial charge on any atom is -0.502 e. The zero-order valence-electron chi connectivity index (χ0n) is 14.3. The molecule has 0 atom stereocenters. The van der Waals surface area contributed by atoms with Crippen molar-refractivity contribution in [3.8, 4) is 0 Å². The molecule has 0 aliphatic carbocycles. The second kappa shape index (κ2) is 7.88. The van der Waals surface area contributed by atoms with Crippen LogP contribution in [0.4, 0.5) is 0 Å². The van der Waals surface area contributed by atoms with Crippen LogP contribution >= 0.6 is 12.2 Å². The molecule has 2 aromatic rings. The fourth-order valence-corrected chi connectivity index (χ4v) is 2.77. The van der Waals surface area contributed by atoms with E-state index >= 15 is 0 Å². The molecule has 0 aliphatic heterocycles. The molecule has 0 bridgehead atoms. The van der Waals surface area contributed by atoms with Crippen molar-refractivity contribution in [2.24, 2.45) is 0 Å². The van der Waals surface area contributed by atoms with Crippen LogP contribution in [0.1, 0.15) is 22.3 Å². The number of hydrogen-bond donors (Lipinski definition) is 2. The summed E-state index contributed by atoms with van der Waals surface area (Å²) in [6.07, 6.45) is 5.46. The van der Waals surface area contributed by atoms with Gasteiger partial charge in [-0.25, -0.2) is 0 Å². The normalized spacial score (nSPS) is 11.6. The van der Waals surface area contributed by atoms with E-state index in [1.165, 1.54) is 5.56 Å². The van der Waals surface area contributed by atoms with Crippen molar-refractivity contribution in [1.82, 2.24) is 5.32 Å². The van der Waals surface area contributed by atoms with Crippen molar-refractivity contribution < 1.29 is 9.67 Å². The maximum absolute atomic E-state index is 11.0. The molecule has 124 valence electrons. The molecule has 0 saturated heterocycles. The van der Waals surface area contributed by atoms with Gasteiger partial charge in [-0.1, -0.05) is 30.4 Å². The van der Waals surface area contributed by atoms with Gasteiger partial charge >= 0.3 is 0 Å². The highest BCUT2D eigenvalue weighted by Gasteiger charge is 2.24. The molecule has 4 heteroatoms. The molecule has 2 rings (SSSR count). The minimum absolute atomic E-state index is 0.161. The monoisotopic (exact) mass is 339 g/mol.